The van der Waals surface area contributed by atoms with Crippen LogP contribution >= 0.6 is 0 Å². The number of carbonyl (C=O) groups is 1. The van der Waals surface area contributed by atoms with Crippen molar-refractivity contribution in [1.82, 2.24) is 15.3 Å². The van der Waals surface area contributed by atoms with E-state index in [4.69, 9.17) is 4.42 Å². The summed E-state index contributed by atoms with van der Waals surface area (Å²) in [4.78, 5) is 20.0. The molecule has 2 heterocycles. The van der Waals surface area contributed by atoms with E-state index in [1.807, 2.05) is 26.0 Å². The molecule has 1 amide bonds. The van der Waals surface area contributed by atoms with Gasteiger partial charge in [-0.25, -0.2) is 9.97 Å². The molecule has 0 fully saturated rings. The summed E-state index contributed by atoms with van der Waals surface area (Å²) in [6.07, 6.45) is 4.55. The molecule has 2 rings (SSSR count). The van der Waals surface area contributed by atoms with Crippen LogP contribution in [0.25, 0.3) is 0 Å². The van der Waals surface area contributed by atoms with Crippen molar-refractivity contribution in [3.63, 3.8) is 0 Å². The number of amides is 1. The van der Waals surface area contributed by atoms with Crippen LogP contribution in [0.3, 0.4) is 0 Å². The van der Waals surface area contributed by atoms with Crippen LogP contribution in [0, 0.1) is 6.92 Å². The van der Waals surface area contributed by atoms with Crippen molar-refractivity contribution in [1.29, 1.82) is 0 Å². The summed E-state index contributed by atoms with van der Waals surface area (Å²) in [6.45, 7) is 4.40. The topological polar surface area (TPSA) is 68.0 Å². The Hall–Kier alpha value is -2.17. The third-order valence-corrected chi connectivity index (χ3v) is 2.74. The summed E-state index contributed by atoms with van der Waals surface area (Å²) >= 11 is 0. The summed E-state index contributed by atoms with van der Waals surface area (Å²) in [5.41, 5.74) is 0.479. The summed E-state index contributed by atoms with van der Waals surface area (Å²) in [6, 6.07) is 3.83. The molecule has 0 saturated heterocycles. The van der Waals surface area contributed by atoms with Crippen molar-refractivity contribution in [2.75, 3.05) is 6.54 Å². The fraction of sp³-hybridized carbons (Fsp3) is 0.357. The lowest BCUT2D eigenvalue weighted by Gasteiger charge is -2.04. The van der Waals surface area contributed by atoms with Crippen LogP contribution in [0.4, 0.5) is 0 Å². The second-order valence-corrected chi connectivity index (χ2v) is 4.26. The van der Waals surface area contributed by atoms with E-state index in [1.54, 1.807) is 12.4 Å². The molecule has 0 aliphatic heterocycles. The lowest BCUT2D eigenvalue weighted by molar-refractivity contribution is 0.0953. The molecule has 2 aromatic heterocycles. The predicted octanol–water partition coefficient (Wildman–Crippen LogP) is 1.91. The molecular weight excluding hydrogens is 242 g/mol. The van der Waals surface area contributed by atoms with Gasteiger partial charge in [0.05, 0.1) is 5.56 Å². The van der Waals surface area contributed by atoms with E-state index in [1.165, 1.54) is 0 Å². The van der Waals surface area contributed by atoms with Crippen molar-refractivity contribution in [2.24, 2.45) is 0 Å². The smallest absolute Gasteiger partial charge is 0.254 e. The number of nitrogens with zero attached hydrogens (tertiary/aromatic N) is 2. The fourth-order valence-electron chi connectivity index (χ4n) is 1.68. The van der Waals surface area contributed by atoms with Crippen LogP contribution < -0.4 is 5.32 Å². The lowest BCUT2D eigenvalue weighted by atomic mass is 10.3. The van der Waals surface area contributed by atoms with E-state index < -0.39 is 0 Å². The molecular formula is C14H17N3O2. The number of aryl methyl sites for hydroxylation is 2. The average Bonchev–Trinajstić information content (AvgIpc) is 2.84. The monoisotopic (exact) mass is 259 g/mol. The molecule has 0 atom stereocenters. The summed E-state index contributed by atoms with van der Waals surface area (Å²) in [7, 11) is 0. The van der Waals surface area contributed by atoms with Gasteiger partial charge in [0.15, 0.2) is 0 Å². The maximum Gasteiger partial charge on any atom is 0.254 e. The quantitative estimate of drug-likeness (QED) is 0.890. The van der Waals surface area contributed by atoms with Crippen molar-refractivity contribution in [3.05, 3.63) is 47.4 Å². The van der Waals surface area contributed by atoms with Gasteiger partial charge in [-0.05, 0) is 19.1 Å². The van der Waals surface area contributed by atoms with Crippen molar-refractivity contribution in [2.45, 2.75) is 26.7 Å². The second-order valence-electron chi connectivity index (χ2n) is 4.26. The third-order valence-electron chi connectivity index (χ3n) is 2.74. The summed E-state index contributed by atoms with van der Waals surface area (Å²) in [5.74, 6) is 2.33. The van der Waals surface area contributed by atoms with Gasteiger partial charge in [-0.3, -0.25) is 4.79 Å². The normalized spacial score (nSPS) is 10.4. The van der Waals surface area contributed by atoms with E-state index >= 15 is 0 Å². The van der Waals surface area contributed by atoms with Crippen molar-refractivity contribution < 1.29 is 9.21 Å². The Morgan fingerprint density at radius 3 is 2.63 bits per heavy atom. The Morgan fingerprint density at radius 1 is 1.32 bits per heavy atom. The Labute approximate surface area is 112 Å². The second kappa shape index (κ2) is 6.13. The first-order chi connectivity index (χ1) is 9.19. The highest BCUT2D eigenvalue weighted by Crippen LogP contribution is 2.06. The van der Waals surface area contributed by atoms with Crippen LogP contribution in [0.15, 0.2) is 28.9 Å². The Bertz CT molecular complexity index is 546. The van der Waals surface area contributed by atoms with Gasteiger partial charge in [-0.15, -0.1) is 0 Å². The maximum atomic E-state index is 11.8. The number of hydrogen-bond donors (Lipinski definition) is 1. The highest BCUT2D eigenvalue weighted by atomic mass is 16.3. The number of rotatable bonds is 5. The number of nitrogens with one attached hydrogen (secondary N) is 1. The Balaban J connectivity index is 1.83. The predicted molar refractivity (Wildman–Crippen MR) is 70.9 cm³/mol. The van der Waals surface area contributed by atoms with Gasteiger partial charge in [0.2, 0.25) is 0 Å². The molecule has 0 aromatic carbocycles. The highest BCUT2D eigenvalue weighted by Gasteiger charge is 2.06. The molecule has 0 aliphatic carbocycles. The molecule has 0 unspecified atom stereocenters. The molecule has 0 saturated carbocycles. The molecule has 100 valence electrons. The van der Waals surface area contributed by atoms with E-state index in [9.17, 15) is 4.79 Å². The number of furan rings is 1. The summed E-state index contributed by atoms with van der Waals surface area (Å²) in [5, 5.41) is 2.82. The average molecular weight is 259 g/mol. The van der Waals surface area contributed by atoms with Gasteiger partial charge < -0.3 is 9.73 Å². The summed E-state index contributed by atoms with van der Waals surface area (Å²) < 4.78 is 5.43. The van der Waals surface area contributed by atoms with Crippen LogP contribution in [0.1, 0.15) is 34.6 Å². The zero-order chi connectivity index (χ0) is 13.7. The highest BCUT2D eigenvalue weighted by molar-refractivity contribution is 5.93. The van der Waals surface area contributed by atoms with E-state index in [-0.39, 0.29) is 5.91 Å². The molecule has 1 N–H and O–H groups in total. The first-order valence-corrected chi connectivity index (χ1v) is 6.33. The first kappa shape index (κ1) is 13.3. The molecule has 0 aliphatic rings. The first-order valence-electron chi connectivity index (χ1n) is 6.33. The van der Waals surface area contributed by atoms with Gasteiger partial charge in [-0.1, -0.05) is 6.92 Å². The molecule has 2 aromatic rings. The lowest BCUT2D eigenvalue weighted by Crippen LogP contribution is -2.26. The van der Waals surface area contributed by atoms with Gasteiger partial charge in [-0.2, -0.15) is 0 Å². The van der Waals surface area contributed by atoms with Crippen molar-refractivity contribution >= 4 is 5.91 Å². The van der Waals surface area contributed by atoms with Crippen LogP contribution in [0.2, 0.25) is 0 Å². The molecule has 0 bridgehead atoms. The van der Waals surface area contributed by atoms with Crippen LogP contribution in [-0.2, 0) is 12.8 Å². The Kier molecular flexibility index (Phi) is 4.28. The Morgan fingerprint density at radius 2 is 2.05 bits per heavy atom. The number of aromatic nitrogens is 2. The van der Waals surface area contributed by atoms with Gasteiger partial charge >= 0.3 is 0 Å². The minimum absolute atomic E-state index is 0.161. The third kappa shape index (κ3) is 3.64. The van der Waals surface area contributed by atoms with Gasteiger partial charge in [0.25, 0.3) is 5.91 Å². The maximum absolute atomic E-state index is 11.8. The zero-order valence-corrected chi connectivity index (χ0v) is 11.1. The van der Waals surface area contributed by atoms with E-state index in [2.05, 4.69) is 15.3 Å². The fourth-order valence-corrected chi connectivity index (χ4v) is 1.68. The van der Waals surface area contributed by atoms with E-state index in [0.717, 1.165) is 23.8 Å². The zero-order valence-electron chi connectivity index (χ0n) is 11.1. The van der Waals surface area contributed by atoms with Gasteiger partial charge in [0.1, 0.15) is 17.3 Å². The van der Waals surface area contributed by atoms with Gasteiger partial charge in [0, 0.05) is 31.8 Å². The largest absolute Gasteiger partial charge is 0.466 e. The molecule has 0 spiro atoms. The standard InChI is InChI=1S/C14H17N3O2/c1-3-13-16-8-11(9-17-13)14(18)15-7-6-12-5-4-10(2)19-12/h4-5,8-9H,3,6-7H2,1-2H3,(H,15,18). The number of hydrogen-bond acceptors (Lipinski definition) is 4. The van der Waals surface area contributed by atoms with E-state index in [0.29, 0.717) is 18.5 Å². The molecule has 5 heteroatoms. The minimum Gasteiger partial charge on any atom is -0.466 e. The molecule has 5 nitrogen and oxygen atoms in total. The molecule has 19 heavy (non-hydrogen) atoms. The van der Waals surface area contributed by atoms with Crippen LogP contribution in [0.5, 0.6) is 0 Å². The van der Waals surface area contributed by atoms with Crippen LogP contribution in [-0.4, -0.2) is 22.4 Å². The molecule has 0 radical (unpaired) electrons. The SMILES string of the molecule is CCc1ncc(C(=O)NCCc2ccc(C)o2)cn1. The van der Waals surface area contributed by atoms with Crippen molar-refractivity contribution in [3.8, 4) is 0 Å². The number of carbonyl (C=O) groups excluding carboxylic acids is 1. The minimum atomic E-state index is -0.161.